The van der Waals surface area contributed by atoms with Gasteiger partial charge in [-0.2, -0.15) is 13.2 Å². The molecule has 2 aromatic rings. The summed E-state index contributed by atoms with van der Waals surface area (Å²) in [5, 5.41) is 0. The lowest BCUT2D eigenvalue weighted by molar-refractivity contribution is -0.153. The van der Waals surface area contributed by atoms with Gasteiger partial charge in [-0.05, 0) is 43.5 Å². The second-order valence-corrected chi connectivity index (χ2v) is 7.24. The molecule has 1 aliphatic heterocycles. The van der Waals surface area contributed by atoms with Crippen LogP contribution in [-0.2, 0) is 0 Å². The molecule has 0 spiro atoms. The van der Waals surface area contributed by atoms with Gasteiger partial charge in [0.1, 0.15) is 11.6 Å². The van der Waals surface area contributed by atoms with E-state index in [0.717, 1.165) is 12.0 Å². The topological polar surface area (TPSA) is 67.9 Å². The zero-order valence-corrected chi connectivity index (χ0v) is 16.9. The van der Waals surface area contributed by atoms with Crippen LogP contribution in [0.1, 0.15) is 53.4 Å². The number of hydrogen-bond acceptors (Lipinski definition) is 3. The van der Waals surface area contributed by atoms with Gasteiger partial charge >= 0.3 is 6.18 Å². The number of nitrogens with two attached hydrogens (primary N) is 1. The quantitative estimate of drug-likeness (QED) is 0.537. The van der Waals surface area contributed by atoms with Gasteiger partial charge in [0, 0.05) is 30.3 Å². The number of nitrogens with zero attached hydrogens (tertiary/aromatic N) is 2. The third-order valence-corrected chi connectivity index (χ3v) is 5.18. The van der Waals surface area contributed by atoms with Crippen molar-refractivity contribution in [1.82, 2.24) is 4.90 Å². The predicted molar refractivity (Wildman–Crippen MR) is 116 cm³/mol. The molecule has 3 rings (SSSR count). The number of aliphatic imine (C=N–C) groups is 1. The number of aryl methyl sites for hydroxylation is 1. The van der Waals surface area contributed by atoms with Crippen molar-refractivity contribution in [3.63, 3.8) is 0 Å². The van der Waals surface area contributed by atoms with Crippen LogP contribution in [0.2, 0.25) is 0 Å². The summed E-state index contributed by atoms with van der Waals surface area (Å²) in [6.07, 6.45) is -3.03. The highest BCUT2D eigenvalue weighted by molar-refractivity contribution is 6.02. The fourth-order valence-electron chi connectivity index (χ4n) is 3.70. The van der Waals surface area contributed by atoms with E-state index < -0.39 is 12.8 Å². The third-order valence-electron chi connectivity index (χ3n) is 5.18. The van der Waals surface area contributed by atoms with E-state index in [9.17, 15) is 18.0 Å². The summed E-state index contributed by atoms with van der Waals surface area (Å²) in [5.41, 5.74) is 8.57. The lowest BCUT2D eigenvalue weighted by Crippen LogP contribution is -2.31. The molecule has 1 amide bonds. The summed E-state index contributed by atoms with van der Waals surface area (Å²) in [6.45, 7) is 1.02. The summed E-state index contributed by atoms with van der Waals surface area (Å²) in [6, 6.07) is 11.5. The van der Waals surface area contributed by atoms with Crippen molar-refractivity contribution in [3.05, 3.63) is 64.7 Å². The van der Waals surface area contributed by atoms with Gasteiger partial charge in [0.2, 0.25) is 0 Å². The molecule has 0 aliphatic carbocycles. The highest BCUT2D eigenvalue weighted by atomic mass is 19.4. The van der Waals surface area contributed by atoms with Gasteiger partial charge in [0.05, 0.1) is 6.04 Å². The van der Waals surface area contributed by atoms with Crippen LogP contribution in [0.4, 0.5) is 13.2 Å². The van der Waals surface area contributed by atoms with E-state index in [2.05, 4.69) is 4.99 Å². The van der Waals surface area contributed by atoms with E-state index in [1.54, 1.807) is 42.3 Å². The van der Waals surface area contributed by atoms with Gasteiger partial charge in [-0.1, -0.05) is 31.7 Å². The Morgan fingerprint density at radius 1 is 1.26 bits per heavy atom. The largest absolute Gasteiger partial charge is 0.484 e. The summed E-state index contributed by atoms with van der Waals surface area (Å²) in [7, 11) is 1.58. The van der Waals surface area contributed by atoms with Crippen molar-refractivity contribution in [2.24, 2.45) is 10.7 Å². The van der Waals surface area contributed by atoms with Crippen molar-refractivity contribution in [2.75, 3.05) is 20.2 Å². The number of carbonyl (C=O) groups excluding carboxylic acids is 1. The van der Waals surface area contributed by atoms with Gasteiger partial charge in [0.25, 0.3) is 5.91 Å². The average molecular weight is 435 g/mol. The Balaban J connectivity index is 0.00000341. The number of alkyl halides is 3. The molecule has 168 valence electrons. The molecule has 1 saturated heterocycles. The van der Waals surface area contributed by atoms with Gasteiger partial charge in [0.15, 0.2) is 6.61 Å². The molecule has 8 heteroatoms. The minimum Gasteiger partial charge on any atom is -0.484 e. The molecule has 1 fully saturated rings. The Morgan fingerprint density at radius 3 is 2.65 bits per heavy atom. The Kier molecular flexibility index (Phi) is 7.70. The number of benzene rings is 2. The minimum atomic E-state index is -4.43. The molecule has 2 N–H and O–H groups in total. The lowest BCUT2D eigenvalue weighted by atomic mass is 10.0. The highest BCUT2D eigenvalue weighted by Gasteiger charge is 2.34. The minimum absolute atomic E-state index is 0. The fraction of sp³-hybridized carbons (Fsp3) is 0.391. The summed E-state index contributed by atoms with van der Waals surface area (Å²) >= 11 is 0. The Labute approximate surface area is 180 Å². The van der Waals surface area contributed by atoms with Crippen LogP contribution in [0, 0.1) is 6.92 Å². The molecule has 1 heterocycles. The second kappa shape index (κ2) is 9.85. The van der Waals surface area contributed by atoms with Crippen LogP contribution in [0.25, 0.3) is 0 Å². The SMILES string of the molecule is C.CN=C(N)c1cc(C(=O)N2CCCC2c2ccccc2OCC(F)(F)F)ccc1C. The van der Waals surface area contributed by atoms with Crippen LogP contribution in [0.15, 0.2) is 47.5 Å². The van der Waals surface area contributed by atoms with Crippen LogP contribution < -0.4 is 10.5 Å². The van der Waals surface area contributed by atoms with Crippen molar-refractivity contribution in [2.45, 2.75) is 39.4 Å². The fourth-order valence-corrected chi connectivity index (χ4v) is 3.70. The van der Waals surface area contributed by atoms with Crippen molar-refractivity contribution in [3.8, 4) is 5.75 Å². The molecule has 1 unspecified atom stereocenters. The molecule has 0 aromatic heterocycles. The molecule has 1 aliphatic rings. The number of rotatable bonds is 5. The second-order valence-electron chi connectivity index (χ2n) is 7.24. The number of carbonyl (C=O) groups is 1. The van der Waals surface area contributed by atoms with E-state index in [0.29, 0.717) is 35.5 Å². The Bertz CT molecular complexity index is 957. The maximum Gasteiger partial charge on any atom is 0.422 e. The number of hydrogen-bond donors (Lipinski definition) is 1. The number of amides is 1. The standard InChI is InChI=1S/C22H24F3N3O2.CH4/c1-14-9-10-15(12-17(14)20(26)27-2)21(29)28-11-5-7-18(28)16-6-3-4-8-19(16)30-13-22(23,24)25;/h3-4,6,8-10,12,18H,5,7,11,13H2,1-2H3,(H2,26,27);1H4. The molecule has 0 radical (unpaired) electrons. The van der Waals surface area contributed by atoms with Gasteiger partial charge in [-0.25, -0.2) is 0 Å². The van der Waals surface area contributed by atoms with Gasteiger partial charge in [-0.3, -0.25) is 9.79 Å². The number of likely N-dealkylation sites (tertiary alicyclic amines) is 1. The molecule has 31 heavy (non-hydrogen) atoms. The van der Waals surface area contributed by atoms with Crippen LogP contribution >= 0.6 is 0 Å². The summed E-state index contributed by atoms with van der Waals surface area (Å²) < 4.78 is 42.9. The Hall–Kier alpha value is -3.03. The molecular weight excluding hydrogens is 407 g/mol. The number of para-hydroxylation sites is 1. The molecular formula is C23H28F3N3O2. The zero-order chi connectivity index (χ0) is 21.9. The van der Waals surface area contributed by atoms with Crippen molar-refractivity contribution in [1.29, 1.82) is 0 Å². The first-order valence-electron chi connectivity index (χ1n) is 9.64. The molecule has 2 aromatic carbocycles. The number of amidine groups is 1. The monoisotopic (exact) mass is 435 g/mol. The molecule has 0 bridgehead atoms. The maximum absolute atomic E-state index is 13.3. The van der Waals surface area contributed by atoms with Gasteiger partial charge in [-0.15, -0.1) is 0 Å². The first-order chi connectivity index (χ1) is 14.2. The van der Waals surface area contributed by atoms with Crippen molar-refractivity contribution >= 4 is 11.7 Å². The first kappa shape index (κ1) is 24.2. The van der Waals surface area contributed by atoms with Crippen molar-refractivity contribution < 1.29 is 22.7 Å². The van der Waals surface area contributed by atoms with Crippen LogP contribution in [0.3, 0.4) is 0 Å². The normalized spacial score (nSPS) is 16.7. The predicted octanol–water partition coefficient (Wildman–Crippen LogP) is 4.88. The molecule has 5 nitrogen and oxygen atoms in total. The smallest absolute Gasteiger partial charge is 0.422 e. The van der Waals surface area contributed by atoms with E-state index >= 15 is 0 Å². The highest BCUT2D eigenvalue weighted by Crippen LogP contribution is 2.38. The van der Waals surface area contributed by atoms with E-state index in [-0.39, 0.29) is 25.1 Å². The Morgan fingerprint density at radius 2 is 1.97 bits per heavy atom. The summed E-state index contributed by atoms with van der Waals surface area (Å²) in [5.74, 6) is 0.283. The third kappa shape index (κ3) is 5.57. The molecule has 0 saturated carbocycles. The molecule has 1 atom stereocenters. The van der Waals surface area contributed by atoms with E-state index in [1.807, 2.05) is 13.0 Å². The first-order valence-corrected chi connectivity index (χ1v) is 9.64. The van der Waals surface area contributed by atoms with Gasteiger partial charge < -0.3 is 15.4 Å². The van der Waals surface area contributed by atoms with E-state index in [1.165, 1.54) is 6.07 Å². The van der Waals surface area contributed by atoms with Crippen LogP contribution in [-0.4, -0.2) is 43.0 Å². The lowest BCUT2D eigenvalue weighted by Gasteiger charge is -2.27. The van der Waals surface area contributed by atoms with E-state index in [4.69, 9.17) is 10.5 Å². The number of ether oxygens (including phenoxy) is 1. The average Bonchev–Trinajstić information content (AvgIpc) is 3.21. The zero-order valence-electron chi connectivity index (χ0n) is 16.9. The number of halogens is 3. The maximum atomic E-state index is 13.3. The summed E-state index contributed by atoms with van der Waals surface area (Å²) in [4.78, 5) is 18.9. The van der Waals surface area contributed by atoms with Crippen LogP contribution in [0.5, 0.6) is 5.75 Å².